The maximum atomic E-state index is 6.41. The highest BCUT2D eigenvalue weighted by molar-refractivity contribution is 5.38. The SMILES string of the molecule is CCC(N)(CC)CN1CCN(c2ccccn2)CC1. The number of nitrogens with two attached hydrogens (primary N) is 1. The topological polar surface area (TPSA) is 45.4 Å². The summed E-state index contributed by atoms with van der Waals surface area (Å²) >= 11 is 0. The van der Waals surface area contributed by atoms with Crippen molar-refractivity contribution in [1.29, 1.82) is 0 Å². The number of rotatable bonds is 5. The van der Waals surface area contributed by atoms with Crippen LogP contribution >= 0.6 is 0 Å². The van der Waals surface area contributed by atoms with Gasteiger partial charge in [0.15, 0.2) is 0 Å². The van der Waals surface area contributed by atoms with Crippen LogP contribution < -0.4 is 10.6 Å². The van der Waals surface area contributed by atoms with E-state index >= 15 is 0 Å². The molecule has 19 heavy (non-hydrogen) atoms. The highest BCUT2D eigenvalue weighted by Crippen LogP contribution is 2.17. The number of hydrogen-bond donors (Lipinski definition) is 1. The fourth-order valence-corrected chi connectivity index (χ4v) is 2.59. The van der Waals surface area contributed by atoms with Crippen LogP contribution in [0.15, 0.2) is 24.4 Å². The second-order valence-corrected chi connectivity index (χ2v) is 5.52. The molecule has 0 saturated carbocycles. The van der Waals surface area contributed by atoms with Gasteiger partial charge in [-0.2, -0.15) is 0 Å². The lowest BCUT2D eigenvalue weighted by Gasteiger charge is -2.40. The molecule has 0 radical (unpaired) electrons. The average Bonchev–Trinajstić information content (AvgIpc) is 2.49. The lowest BCUT2D eigenvalue weighted by molar-refractivity contribution is 0.189. The minimum absolute atomic E-state index is 0.0207. The summed E-state index contributed by atoms with van der Waals surface area (Å²) in [5.41, 5.74) is 6.38. The number of pyridine rings is 1. The summed E-state index contributed by atoms with van der Waals surface area (Å²) in [7, 11) is 0. The van der Waals surface area contributed by atoms with Gasteiger partial charge in [-0.1, -0.05) is 19.9 Å². The van der Waals surface area contributed by atoms with Gasteiger partial charge in [-0.3, -0.25) is 4.90 Å². The third-order valence-electron chi connectivity index (χ3n) is 4.29. The van der Waals surface area contributed by atoms with E-state index in [0.29, 0.717) is 0 Å². The van der Waals surface area contributed by atoms with E-state index in [0.717, 1.165) is 51.4 Å². The van der Waals surface area contributed by atoms with E-state index in [2.05, 4.69) is 34.7 Å². The van der Waals surface area contributed by atoms with Crippen molar-refractivity contribution in [2.45, 2.75) is 32.2 Å². The summed E-state index contributed by atoms with van der Waals surface area (Å²) in [5, 5.41) is 0. The highest BCUT2D eigenvalue weighted by atomic mass is 15.3. The summed E-state index contributed by atoms with van der Waals surface area (Å²) in [6.45, 7) is 9.63. The Morgan fingerprint density at radius 3 is 2.37 bits per heavy atom. The summed E-state index contributed by atoms with van der Waals surface area (Å²) in [6.07, 6.45) is 3.95. The van der Waals surface area contributed by atoms with Crippen molar-refractivity contribution in [3.8, 4) is 0 Å². The zero-order chi connectivity index (χ0) is 13.7. The number of hydrogen-bond acceptors (Lipinski definition) is 4. The van der Waals surface area contributed by atoms with Crippen LogP contribution in [0.3, 0.4) is 0 Å². The van der Waals surface area contributed by atoms with Gasteiger partial charge < -0.3 is 10.6 Å². The Hall–Kier alpha value is -1.13. The van der Waals surface area contributed by atoms with Gasteiger partial charge in [0.1, 0.15) is 5.82 Å². The molecule has 0 bridgehead atoms. The third-order valence-corrected chi connectivity index (χ3v) is 4.29. The molecular formula is C15H26N4. The third kappa shape index (κ3) is 3.67. The van der Waals surface area contributed by atoms with Crippen LogP contribution in [-0.2, 0) is 0 Å². The van der Waals surface area contributed by atoms with E-state index in [4.69, 9.17) is 5.73 Å². The molecule has 0 atom stereocenters. The molecule has 1 aromatic heterocycles. The van der Waals surface area contributed by atoms with Crippen molar-refractivity contribution in [3.05, 3.63) is 24.4 Å². The first-order valence-corrected chi connectivity index (χ1v) is 7.34. The summed E-state index contributed by atoms with van der Waals surface area (Å²) in [5.74, 6) is 1.09. The van der Waals surface area contributed by atoms with Crippen LogP contribution in [0.1, 0.15) is 26.7 Å². The van der Waals surface area contributed by atoms with Crippen LogP contribution in [0.25, 0.3) is 0 Å². The van der Waals surface area contributed by atoms with Crippen molar-refractivity contribution in [2.24, 2.45) is 5.73 Å². The standard InChI is InChI=1S/C15H26N4/c1-3-15(16,4-2)13-18-9-11-19(12-10-18)14-7-5-6-8-17-14/h5-8H,3-4,9-13,16H2,1-2H3. The van der Waals surface area contributed by atoms with Crippen molar-refractivity contribution in [3.63, 3.8) is 0 Å². The molecule has 0 aromatic carbocycles. The minimum atomic E-state index is -0.0207. The Morgan fingerprint density at radius 2 is 1.84 bits per heavy atom. The lowest BCUT2D eigenvalue weighted by Crippen LogP contribution is -2.55. The molecule has 0 spiro atoms. The van der Waals surface area contributed by atoms with E-state index in [-0.39, 0.29) is 5.54 Å². The van der Waals surface area contributed by atoms with Crippen molar-refractivity contribution >= 4 is 5.82 Å². The number of anilines is 1. The van der Waals surface area contributed by atoms with Crippen molar-refractivity contribution in [1.82, 2.24) is 9.88 Å². The highest BCUT2D eigenvalue weighted by Gasteiger charge is 2.26. The van der Waals surface area contributed by atoms with Gasteiger partial charge in [0, 0.05) is 44.5 Å². The monoisotopic (exact) mass is 262 g/mol. The summed E-state index contributed by atoms with van der Waals surface area (Å²) < 4.78 is 0. The molecule has 4 heteroatoms. The quantitative estimate of drug-likeness (QED) is 0.877. The second-order valence-electron chi connectivity index (χ2n) is 5.52. The molecule has 1 fully saturated rings. The first-order chi connectivity index (χ1) is 9.17. The van der Waals surface area contributed by atoms with Gasteiger partial charge in [0.25, 0.3) is 0 Å². The molecule has 2 rings (SSSR count). The molecule has 1 aromatic rings. The maximum Gasteiger partial charge on any atom is 0.128 e. The summed E-state index contributed by atoms with van der Waals surface area (Å²) in [6, 6.07) is 6.10. The second kappa shape index (κ2) is 6.35. The zero-order valence-corrected chi connectivity index (χ0v) is 12.2. The van der Waals surface area contributed by atoms with Gasteiger partial charge in [-0.05, 0) is 25.0 Å². The van der Waals surface area contributed by atoms with Crippen LogP contribution in [0.4, 0.5) is 5.82 Å². The number of nitrogens with zero attached hydrogens (tertiary/aromatic N) is 3. The molecule has 1 aliphatic heterocycles. The molecular weight excluding hydrogens is 236 g/mol. The molecule has 0 unspecified atom stereocenters. The Labute approximate surface area is 116 Å². The smallest absolute Gasteiger partial charge is 0.128 e. The maximum absolute atomic E-state index is 6.41. The Kier molecular flexibility index (Phi) is 4.77. The van der Waals surface area contributed by atoms with E-state index in [9.17, 15) is 0 Å². The first kappa shape index (κ1) is 14.3. The van der Waals surface area contributed by atoms with E-state index in [1.165, 1.54) is 0 Å². The van der Waals surface area contributed by atoms with Crippen molar-refractivity contribution < 1.29 is 0 Å². The van der Waals surface area contributed by atoms with E-state index in [1.54, 1.807) is 0 Å². The fraction of sp³-hybridized carbons (Fsp3) is 0.667. The number of aromatic nitrogens is 1. The molecule has 2 heterocycles. The van der Waals surface area contributed by atoms with Crippen LogP contribution in [-0.4, -0.2) is 48.1 Å². The van der Waals surface area contributed by atoms with Gasteiger partial charge in [0.05, 0.1) is 0 Å². The Morgan fingerprint density at radius 1 is 1.16 bits per heavy atom. The van der Waals surface area contributed by atoms with E-state index in [1.807, 2.05) is 18.3 Å². The first-order valence-electron chi connectivity index (χ1n) is 7.34. The predicted octanol–water partition coefficient (Wildman–Crippen LogP) is 1.72. The van der Waals surface area contributed by atoms with Crippen LogP contribution in [0.5, 0.6) is 0 Å². The molecule has 4 nitrogen and oxygen atoms in total. The largest absolute Gasteiger partial charge is 0.354 e. The Balaban J connectivity index is 1.86. The van der Waals surface area contributed by atoms with Gasteiger partial charge in [-0.25, -0.2) is 4.98 Å². The summed E-state index contributed by atoms with van der Waals surface area (Å²) in [4.78, 5) is 9.26. The number of piperazine rings is 1. The van der Waals surface area contributed by atoms with Crippen molar-refractivity contribution in [2.75, 3.05) is 37.6 Å². The van der Waals surface area contributed by atoms with E-state index < -0.39 is 0 Å². The molecule has 0 aliphatic carbocycles. The lowest BCUT2D eigenvalue weighted by atomic mass is 9.93. The molecule has 2 N–H and O–H groups in total. The van der Waals surface area contributed by atoms with Gasteiger partial charge in [0.2, 0.25) is 0 Å². The molecule has 106 valence electrons. The molecule has 0 amide bonds. The van der Waals surface area contributed by atoms with Gasteiger partial charge >= 0.3 is 0 Å². The zero-order valence-electron chi connectivity index (χ0n) is 12.2. The van der Waals surface area contributed by atoms with Crippen LogP contribution in [0, 0.1) is 0 Å². The fourth-order valence-electron chi connectivity index (χ4n) is 2.59. The van der Waals surface area contributed by atoms with Gasteiger partial charge in [-0.15, -0.1) is 0 Å². The normalized spacial score (nSPS) is 17.7. The minimum Gasteiger partial charge on any atom is -0.354 e. The van der Waals surface area contributed by atoms with Crippen LogP contribution in [0.2, 0.25) is 0 Å². The Bertz CT molecular complexity index is 367. The molecule has 1 saturated heterocycles. The molecule has 1 aliphatic rings. The predicted molar refractivity (Wildman–Crippen MR) is 80.4 cm³/mol. The average molecular weight is 262 g/mol.